The van der Waals surface area contributed by atoms with Crippen LogP contribution in [0, 0.1) is 0 Å². The van der Waals surface area contributed by atoms with E-state index in [1.165, 1.54) is 12.1 Å². The molecular formula is C10H9NO3S2. The summed E-state index contributed by atoms with van der Waals surface area (Å²) >= 11 is 1.10. The van der Waals surface area contributed by atoms with Gasteiger partial charge in [0.25, 0.3) is 0 Å². The maximum Gasteiger partial charge on any atom is 0.348 e. The van der Waals surface area contributed by atoms with Crippen molar-refractivity contribution in [1.29, 1.82) is 0 Å². The van der Waals surface area contributed by atoms with E-state index in [9.17, 15) is 8.42 Å². The molecule has 0 aliphatic rings. The van der Waals surface area contributed by atoms with Crippen molar-refractivity contribution in [2.24, 2.45) is 0 Å². The highest BCUT2D eigenvalue weighted by Crippen LogP contribution is 2.26. The van der Waals surface area contributed by atoms with Crippen LogP contribution in [-0.4, -0.2) is 8.42 Å². The molecule has 0 fully saturated rings. The molecule has 1 heterocycles. The second-order valence-corrected chi connectivity index (χ2v) is 5.73. The lowest BCUT2D eigenvalue weighted by atomic mass is 10.3. The van der Waals surface area contributed by atoms with E-state index in [1.807, 2.05) is 0 Å². The first-order valence-electron chi connectivity index (χ1n) is 4.42. The van der Waals surface area contributed by atoms with Crippen molar-refractivity contribution in [3.05, 3.63) is 41.8 Å². The van der Waals surface area contributed by atoms with Crippen molar-refractivity contribution >= 4 is 27.1 Å². The molecule has 0 aliphatic heterocycles. The summed E-state index contributed by atoms with van der Waals surface area (Å²) in [6, 6.07) is 9.60. The third-order valence-corrected chi connectivity index (χ3v) is 4.45. The number of nitrogens with two attached hydrogens (primary N) is 1. The standard InChI is InChI=1S/C10H9NO3S2/c11-8-4-1-2-5-9(8)14-16(12,13)10-6-3-7-15-10/h1-7H,11H2. The Labute approximate surface area is 97.4 Å². The maximum absolute atomic E-state index is 11.7. The highest BCUT2D eigenvalue weighted by atomic mass is 32.3. The Morgan fingerprint density at radius 2 is 1.88 bits per heavy atom. The van der Waals surface area contributed by atoms with Gasteiger partial charge in [-0.25, -0.2) is 0 Å². The lowest BCUT2D eigenvalue weighted by Gasteiger charge is -2.06. The summed E-state index contributed by atoms with van der Waals surface area (Å²) in [7, 11) is -3.75. The fourth-order valence-electron chi connectivity index (χ4n) is 1.12. The number of benzene rings is 1. The highest BCUT2D eigenvalue weighted by Gasteiger charge is 2.18. The summed E-state index contributed by atoms with van der Waals surface area (Å²) in [5, 5.41) is 1.67. The van der Waals surface area contributed by atoms with Gasteiger partial charge in [-0.3, -0.25) is 0 Å². The summed E-state index contributed by atoms with van der Waals surface area (Å²) in [4.78, 5) is 0. The van der Waals surface area contributed by atoms with Crippen LogP contribution in [0.4, 0.5) is 5.69 Å². The summed E-state index contributed by atoms with van der Waals surface area (Å²) in [6.07, 6.45) is 0. The molecule has 0 bridgehead atoms. The fraction of sp³-hybridized carbons (Fsp3) is 0. The van der Waals surface area contributed by atoms with Gasteiger partial charge in [-0.05, 0) is 23.6 Å². The molecule has 0 spiro atoms. The van der Waals surface area contributed by atoms with Gasteiger partial charge in [0.15, 0.2) is 9.96 Å². The molecule has 0 saturated carbocycles. The average molecular weight is 255 g/mol. The molecule has 16 heavy (non-hydrogen) atoms. The van der Waals surface area contributed by atoms with Crippen molar-refractivity contribution in [2.45, 2.75) is 4.21 Å². The molecule has 0 aliphatic carbocycles. The summed E-state index contributed by atoms with van der Waals surface area (Å²) in [6.45, 7) is 0. The second-order valence-electron chi connectivity index (χ2n) is 3.01. The minimum absolute atomic E-state index is 0.149. The van der Waals surface area contributed by atoms with Gasteiger partial charge < -0.3 is 9.92 Å². The zero-order valence-corrected chi connectivity index (χ0v) is 9.79. The van der Waals surface area contributed by atoms with Gasteiger partial charge in [0.2, 0.25) is 0 Å². The van der Waals surface area contributed by atoms with Gasteiger partial charge in [0, 0.05) is 0 Å². The van der Waals surface area contributed by atoms with Crippen LogP contribution in [0.5, 0.6) is 5.75 Å². The number of thiophene rings is 1. The molecule has 0 atom stereocenters. The third kappa shape index (κ3) is 2.17. The van der Waals surface area contributed by atoms with Gasteiger partial charge >= 0.3 is 10.1 Å². The Hall–Kier alpha value is -1.53. The van der Waals surface area contributed by atoms with Gasteiger partial charge in [-0.1, -0.05) is 18.2 Å². The maximum atomic E-state index is 11.7. The van der Waals surface area contributed by atoms with Crippen LogP contribution in [0.1, 0.15) is 0 Å². The predicted octanol–water partition coefficient (Wildman–Crippen LogP) is 2.10. The van der Waals surface area contributed by atoms with Crippen LogP contribution in [0.15, 0.2) is 46.0 Å². The molecular weight excluding hydrogens is 246 g/mol. The Balaban J connectivity index is 2.33. The first-order chi connectivity index (χ1) is 7.59. The zero-order chi connectivity index (χ0) is 11.6. The van der Waals surface area contributed by atoms with E-state index < -0.39 is 10.1 Å². The molecule has 84 valence electrons. The number of hydrogen-bond donors (Lipinski definition) is 1. The van der Waals surface area contributed by atoms with Gasteiger partial charge in [0.05, 0.1) is 5.69 Å². The van der Waals surface area contributed by atoms with E-state index in [-0.39, 0.29) is 9.96 Å². The van der Waals surface area contributed by atoms with Gasteiger partial charge in [-0.15, -0.1) is 11.3 Å². The number of anilines is 1. The average Bonchev–Trinajstić information content (AvgIpc) is 2.75. The number of para-hydroxylation sites is 2. The Bertz CT molecular complexity index is 576. The highest BCUT2D eigenvalue weighted by molar-refractivity contribution is 7.89. The van der Waals surface area contributed by atoms with E-state index >= 15 is 0 Å². The van der Waals surface area contributed by atoms with Crippen molar-refractivity contribution in [1.82, 2.24) is 0 Å². The molecule has 2 aromatic rings. The third-order valence-electron chi connectivity index (χ3n) is 1.86. The van der Waals surface area contributed by atoms with Crippen LogP contribution in [0.2, 0.25) is 0 Å². The second kappa shape index (κ2) is 4.15. The molecule has 0 amide bonds. The normalized spacial score (nSPS) is 11.2. The topological polar surface area (TPSA) is 69.4 Å². The minimum atomic E-state index is -3.75. The van der Waals surface area contributed by atoms with Crippen molar-refractivity contribution in [3.63, 3.8) is 0 Å². The monoisotopic (exact) mass is 255 g/mol. The SMILES string of the molecule is Nc1ccccc1OS(=O)(=O)c1cccs1. The smallest absolute Gasteiger partial charge is 0.348 e. The van der Waals surface area contributed by atoms with E-state index in [4.69, 9.17) is 9.92 Å². The first-order valence-corrected chi connectivity index (χ1v) is 6.71. The largest absolute Gasteiger partial charge is 0.396 e. The molecule has 0 radical (unpaired) electrons. The summed E-state index contributed by atoms with van der Waals surface area (Å²) < 4.78 is 28.6. The molecule has 4 nitrogen and oxygen atoms in total. The van der Waals surface area contributed by atoms with Crippen molar-refractivity contribution < 1.29 is 12.6 Å². The van der Waals surface area contributed by atoms with Crippen molar-refractivity contribution in [3.8, 4) is 5.75 Å². The summed E-state index contributed by atoms with van der Waals surface area (Å²) in [5.74, 6) is 0.149. The Morgan fingerprint density at radius 1 is 1.12 bits per heavy atom. The molecule has 2 rings (SSSR count). The van der Waals surface area contributed by atoms with E-state index in [1.54, 1.807) is 29.6 Å². The van der Waals surface area contributed by atoms with Crippen molar-refractivity contribution in [2.75, 3.05) is 5.73 Å². The fourth-order valence-corrected chi connectivity index (χ4v) is 3.03. The van der Waals surface area contributed by atoms with E-state index in [2.05, 4.69) is 0 Å². The quantitative estimate of drug-likeness (QED) is 0.673. The Kier molecular flexibility index (Phi) is 2.84. The lowest BCUT2D eigenvalue weighted by Crippen LogP contribution is -2.09. The molecule has 2 N–H and O–H groups in total. The number of nitrogen functional groups attached to an aromatic ring is 1. The zero-order valence-electron chi connectivity index (χ0n) is 8.16. The van der Waals surface area contributed by atoms with Crippen LogP contribution >= 0.6 is 11.3 Å². The van der Waals surface area contributed by atoms with Crippen LogP contribution in [-0.2, 0) is 10.1 Å². The number of hydrogen-bond acceptors (Lipinski definition) is 5. The van der Waals surface area contributed by atoms with E-state index in [0.29, 0.717) is 5.69 Å². The first kappa shape index (κ1) is 11.0. The molecule has 1 aromatic heterocycles. The predicted molar refractivity (Wildman–Crippen MR) is 63.0 cm³/mol. The van der Waals surface area contributed by atoms with Crippen LogP contribution < -0.4 is 9.92 Å². The number of rotatable bonds is 3. The minimum Gasteiger partial charge on any atom is -0.396 e. The molecule has 0 saturated heterocycles. The van der Waals surface area contributed by atoms with Gasteiger partial charge in [0.1, 0.15) is 0 Å². The molecule has 1 aromatic carbocycles. The molecule has 0 unspecified atom stereocenters. The van der Waals surface area contributed by atoms with E-state index in [0.717, 1.165) is 11.3 Å². The van der Waals surface area contributed by atoms with Crippen LogP contribution in [0.3, 0.4) is 0 Å². The van der Waals surface area contributed by atoms with Crippen LogP contribution in [0.25, 0.3) is 0 Å². The van der Waals surface area contributed by atoms with Gasteiger partial charge in [-0.2, -0.15) is 8.42 Å². The lowest BCUT2D eigenvalue weighted by molar-refractivity contribution is 0.489. The molecule has 6 heteroatoms. The Morgan fingerprint density at radius 3 is 2.50 bits per heavy atom. The summed E-state index contributed by atoms with van der Waals surface area (Å²) in [5.41, 5.74) is 5.89.